The van der Waals surface area contributed by atoms with E-state index in [4.69, 9.17) is 42.6 Å². The second-order valence-corrected chi connectivity index (χ2v) is 24.3. The van der Waals surface area contributed by atoms with Gasteiger partial charge in [-0.15, -0.1) is 0 Å². The highest BCUT2D eigenvalue weighted by molar-refractivity contribution is 5.15. The monoisotopic (exact) mass is 1070 g/mol. The number of aliphatic hydroxyl groups is 14. The van der Waals surface area contributed by atoms with Crippen LogP contribution in [0.1, 0.15) is 98.8 Å². The van der Waals surface area contributed by atoms with Crippen LogP contribution in [0.5, 0.6) is 0 Å². The van der Waals surface area contributed by atoms with Crippen LogP contribution in [0.2, 0.25) is 0 Å². The summed E-state index contributed by atoms with van der Waals surface area (Å²) in [7, 11) is 0. The molecular formula is C51H86O23. The summed E-state index contributed by atoms with van der Waals surface area (Å²) in [5, 5.41) is 149. The van der Waals surface area contributed by atoms with Crippen molar-refractivity contribution in [3.05, 3.63) is 0 Å². The molecule has 14 N–H and O–H groups in total. The highest BCUT2D eigenvalue weighted by Crippen LogP contribution is 2.71. The normalized spacial score (nSPS) is 56.0. The van der Waals surface area contributed by atoms with E-state index in [1.54, 1.807) is 0 Å². The molecule has 23 nitrogen and oxygen atoms in total. The smallest absolute Gasteiger partial charge is 0.187 e. The van der Waals surface area contributed by atoms with Crippen molar-refractivity contribution in [1.29, 1.82) is 0 Å². The van der Waals surface area contributed by atoms with Gasteiger partial charge in [-0.2, -0.15) is 0 Å². The van der Waals surface area contributed by atoms with Gasteiger partial charge in [-0.05, 0) is 111 Å². The molecule has 9 fully saturated rings. The molecule has 74 heavy (non-hydrogen) atoms. The first-order chi connectivity index (χ1) is 35.0. The second-order valence-electron chi connectivity index (χ2n) is 24.3. The molecule has 0 spiro atoms. The van der Waals surface area contributed by atoms with Gasteiger partial charge >= 0.3 is 0 Å². The lowest BCUT2D eigenvalue weighted by atomic mass is 9.44. The summed E-state index contributed by atoms with van der Waals surface area (Å²) in [4.78, 5) is 0. The van der Waals surface area contributed by atoms with Crippen molar-refractivity contribution >= 4 is 0 Å². The molecular weight excluding hydrogens is 981 g/mol. The first-order valence-corrected chi connectivity index (χ1v) is 27.2. The standard InChI is InChI=1S/C51H86O23/c1-20(19-66-45-39(61)37(59)34(56)29(16-52)69-45)8-13-51(65)21(2)32-28(74-51)15-27-25-7-6-23-14-24(9-11-49(23,4)26(25)10-12-50(27,32)5)68-48-44(73-47-41(63)38(60)35(57)30(17-53)70-47)42(64)43(31(18-54)71-48)72-46-40(62)36(58)33(55)22(3)67-46/h20-48,52-65H,6-19H2,1-5H3/t20?,21-,22-,23-,24?,25?,26?,27?,28?,29+,30-,31+,32?,33-,34+,35-,36+,37-,38+,39+,40+,41+,42-,43+,44+,45+,46-,47-,48+,49+,50+,51+/m0/s1. The molecule has 7 unspecified atom stereocenters. The molecule has 5 heterocycles. The number of ether oxygens (including phenoxy) is 9. The molecule has 4 saturated carbocycles. The topological polar surface area (TPSA) is 366 Å². The lowest BCUT2D eigenvalue weighted by molar-refractivity contribution is -0.391. The number of hydrogen-bond donors (Lipinski definition) is 14. The Morgan fingerprint density at radius 3 is 1.77 bits per heavy atom. The predicted molar refractivity (Wildman–Crippen MR) is 250 cm³/mol. The number of aliphatic hydroxyl groups excluding tert-OH is 13. The maximum Gasteiger partial charge on any atom is 0.187 e. The van der Waals surface area contributed by atoms with E-state index < -0.39 is 155 Å². The molecule has 0 aromatic carbocycles. The quantitative estimate of drug-likeness (QED) is 0.0730. The molecule has 32 atom stereocenters. The van der Waals surface area contributed by atoms with Crippen LogP contribution in [0, 0.1) is 52.3 Å². The summed E-state index contributed by atoms with van der Waals surface area (Å²) < 4.78 is 54.5. The highest BCUT2D eigenvalue weighted by Gasteiger charge is 2.68. The SMILES string of the molecule is CC(CC[C@@]1(O)OC2CC3C4CC[C@H]5CC(O[C@@H]6O[C@H](CO)[C@@H](O[C@@H]7O[C@@H](C)[C@H](O)[C@@H](O)[C@H]7O)[C@H](O)[C@H]6O[C@@H]6O[C@@H](CO)[C@H](O)[C@@H](O)[C@H]6O)CC[C@@]5(C)C4CC[C@@]3(C)C2[C@@H]1C)CO[C@@H]1O[C@H](CO)[C@@H](O)[C@H](O)[C@H]1O. The van der Waals surface area contributed by atoms with E-state index in [-0.39, 0.29) is 47.2 Å². The molecule has 9 rings (SSSR count). The van der Waals surface area contributed by atoms with Gasteiger partial charge < -0.3 is 114 Å². The van der Waals surface area contributed by atoms with Gasteiger partial charge in [0.05, 0.1) is 44.7 Å². The van der Waals surface area contributed by atoms with Crippen molar-refractivity contribution in [2.75, 3.05) is 26.4 Å². The molecule has 0 aromatic rings. The molecule has 0 radical (unpaired) electrons. The Bertz CT molecular complexity index is 1850. The van der Waals surface area contributed by atoms with Crippen LogP contribution in [0.4, 0.5) is 0 Å². The Hall–Kier alpha value is -0.920. The van der Waals surface area contributed by atoms with E-state index in [1.807, 2.05) is 6.92 Å². The molecule has 5 saturated heterocycles. The van der Waals surface area contributed by atoms with Crippen molar-refractivity contribution < 1.29 is 114 Å². The first kappa shape index (κ1) is 57.8. The molecule has 428 valence electrons. The largest absolute Gasteiger partial charge is 0.394 e. The Balaban J connectivity index is 0.835. The van der Waals surface area contributed by atoms with Gasteiger partial charge in [-0.1, -0.05) is 27.7 Å². The third-order valence-corrected chi connectivity index (χ3v) is 20.1. The Morgan fingerprint density at radius 2 is 1.12 bits per heavy atom. The van der Waals surface area contributed by atoms with Crippen molar-refractivity contribution in [2.45, 2.75) is 240 Å². The number of hydrogen-bond acceptors (Lipinski definition) is 23. The van der Waals surface area contributed by atoms with Gasteiger partial charge in [0.1, 0.15) is 91.6 Å². The second kappa shape index (κ2) is 22.6. The molecule has 23 heteroatoms. The molecule has 9 aliphatic rings. The molecule has 4 aliphatic carbocycles. The van der Waals surface area contributed by atoms with Crippen LogP contribution < -0.4 is 0 Å². The number of rotatable bonds is 15. The van der Waals surface area contributed by atoms with E-state index in [1.165, 1.54) is 6.92 Å². The van der Waals surface area contributed by atoms with Crippen molar-refractivity contribution in [1.82, 2.24) is 0 Å². The summed E-state index contributed by atoms with van der Waals surface area (Å²) in [6.45, 7) is 8.47. The maximum absolute atomic E-state index is 12.1. The van der Waals surface area contributed by atoms with Gasteiger partial charge in [0.2, 0.25) is 0 Å². The summed E-state index contributed by atoms with van der Waals surface area (Å²) in [6, 6.07) is 0. The Morgan fingerprint density at radius 1 is 0.554 bits per heavy atom. The van der Waals surface area contributed by atoms with Crippen LogP contribution in [0.15, 0.2) is 0 Å². The Kier molecular flexibility index (Phi) is 17.6. The van der Waals surface area contributed by atoms with Gasteiger partial charge in [-0.3, -0.25) is 0 Å². The minimum atomic E-state index is -1.85. The van der Waals surface area contributed by atoms with Crippen LogP contribution in [0.25, 0.3) is 0 Å². The maximum atomic E-state index is 12.1. The zero-order valence-electron chi connectivity index (χ0n) is 43.1. The lowest BCUT2D eigenvalue weighted by Crippen LogP contribution is -2.67. The minimum absolute atomic E-state index is 0.0231. The highest BCUT2D eigenvalue weighted by atomic mass is 16.8. The fraction of sp³-hybridized carbons (Fsp3) is 1.00. The van der Waals surface area contributed by atoms with E-state index in [0.29, 0.717) is 43.4 Å². The van der Waals surface area contributed by atoms with Crippen molar-refractivity contribution in [3.63, 3.8) is 0 Å². The molecule has 5 aliphatic heterocycles. The van der Waals surface area contributed by atoms with Gasteiger partial charge in [0, 0.05) is 12.3 Å². The average molecular weight is 1070 g/mol. The zero-order chi connectivity index (χ0) is 53.5. The van der Waals surface area contributed by atoms with Crippen molar-refractivity contribution in [2.24, 2.45) is 52.3 Å². The van der Waals surface area contributed by atoms with E-state index in [0.717, 1.165) is 38.5 Å². The zero-order valence-corrected chi connectivity index (χ0v) is 43.1. The van der Waals surface area contributed by atoms with Crippen LogP contribution >= 0.6 is 0 Å². The third-order valence-electron chi connectivity index (χ3n) is 20.1. The first-order valence-electron chi connectivity index (χ1n) is 27.2. The third kappa shape index (κ3) is 10.3. The van der Waals surface area contributed by atoms with Gasteiger partial charge in [0.15, 0.2) is 30.9 Å². The van der Waals surface area contributed by atoms with E-state index in [2.05, 4.69) is 20.8 Å². The summed E-state index contributed by atoms with van der Waals surface area (Å²) in [5.74, 6) is 0.175. The van der Waals surface area contributed by atoms with Crippen molar-refractivity contribution in [3.8, 4) is 0 Å². The summed E-state index contributed by atoms with van der Waals surface area (Å²) >= 11 is 0. The fourth-order valence-electron chi connectivity index (χ4n) is 15.6. The Labute approximate surface area is 431 Å². The summed E-state index contributed by atoms with van der Waals surface area (Å²) in [5.41, 5.74) is -0.0673. The van der Waals surface area contributed by atoms with E-state index in [9.17, 15) is 71.5 Å². The van der Waals surface area contributed by atoms with Gasteiger partial charge in [-0.25, -0.2) is 0 Å². The lowest BCUT2D eigenvalue weighted by Gasteiger charge is -2.61. The molecule has 0 amide bonds. The van der Waals surface area contributed by atoms with E-state index >= 15 is 0 Å². The molecule has 0 aromatic heterocycles. The average Bonchev–Trinajstić information content (AvgIpc) is 3.82. The van der Waals surface area contributed by atoms with Crippen LogP contribution in [-0.4, -0.2) is 239 Å². The fourth-order valence-corrected chi connectivity index (χ4v) is 15.6. The summed E-state index contributed by atoms with van der Waals surface area (Å²) in [6.07, 6.45) is -22.8. The van der Waals surface area contributed by atoms with Crippen LogP contribution in [0.3, 0.4) is 0 Å². The van der Waals surface area contributed by atoms with Crippen LogP contribution in [-0.2, 0) is 42.6 Å². The molecule has 0 bridgehead atoms. The van der Waals surface area contributed by atoms with Gasteiger partial charge in [0.25, 0.3) is 0 Å². The predicted octanol–water partition coefficient (Wildman–Crippen LogP) is -2.93. The minimum Gasteiger partial charge on any atom is -0.394 e. The number of fused-ring (bicyclic) bond motifs is 7.